The Hall–Kier alpha value is -0.610. The van der Waals surface area contributed by atoms with E-state index in [0.717, 1.165) is 28.4 Å². The van der Waals surface area contributed by atoms with Crippen molar-refractivity contribution in [2.24, 2.45) is 5.41 Å². The Morgan fingerprint density at radius 2 is 2.25 bits per heavy atom. The zero-order valence-electron chi connectivity index (χ0n) is 9.47. The highest BCUT2D eigenvalue weighted by Crippen LogP contribution is 2.45. The maximum Gasteiger partial charge on any atom is 0.263 e. The fourth-order valence-corrected chi connectivity index (χ4v) is 2.82. The molecule has 1 aliphatic rings. The molecule has 0 bridgehead atoms. The van der Waals surface area contributed by atoms with Crippen LogP contribution in [0.4, 0.5) is 0 Å². The van der Waals surface area contributed by atoms with Crippen LogP contribution in [-0.4, -0.2) is 23.3 Å². The Balaban J connectivity index is 1.96. The van der Waals surface area contributed by atoms with Crippen molar-refractivity contribution in [1.29, 1.82) is 0 Å². The van der Waals surface area contributed by atoms with Gasteiger partial charge in [-0.25, -0.2) is 4.98 Å². The standard InChI is InChI=1S/C11H15ClN2OS/c1-7-9(16-8(2)14-7)10(15)13-6-11(5-12)3-4-11/h3-6H2,1-2H3,(H,13,15). The summed E-state index contributed by atoms with van der Waals surface area (Å²) in [6, 6.07) is 0. The molecule has 0 saturated heterocycles. The highest BCUT2D eigenvalue weighted by Gasteiger charge is 2.41. The molecule has 1 N–H and O–H groups in total. The van der Waals surface area contributed by atoms with E-state index >= 15 is 0 Å². The van der Waals surface area contributed by atoms with E-state index in [-0.39, 0.29) is 11.3 Å². The average molecular weight is 259 g/mol. The number of carbonyl (C=O) groups excluding carboxylic acids is 1. The molecule has 0 aliphatic heterocycles. The minimum absolute atomic E-state index is 0.0144. The van der Waals surface area contributed by atoms with Crippen molar-refractivity contribution in [3.63, 3.8) is 0 Å². The Morgan fingerprint density at radius 1 is 1.56 bits per heavy atom. The molecule has 1 heterocycles. The van der Waals surface area contributed by atoms with Crippen molar-refractivity contribution in [3.05, 3.63) is 15.6 Å². The molecule has 0 unspecified atom stereocenters. The number of hydrogen-bond acceptors (Lipinski definition) is 3. The second-order valence-corrected chi connectivity index (χ2v) is 5.93. The number of aromatic nitrogens is 1. The number of amides is 1. The molecule has 1 fully saturated rings. The number of rotatable bonds is 4. The van der Waals surface area contributed by atoms with Gasteiger partial charge in [-0.05, 0) is 26.7 Å². The Kier molecular flexibility index (Phi) is 3.22. The minimum atomic E-state index is -0.0144. The van der Waals surface area contributed by atoms with Gasteiger partial charge >= 0.3 is 0 Å². The summed E-state index contributed by atoms with van der Waals surface area (Å²) in [6.07, 6.45) is 2.25. The van der Waals surface area contributed by atoms with E-state index in [0.29, 0.717) is 12.4 Å². The topological polar surface area (TPSA) is 42.0 Å². The number of alkyl halides is 1. The van der Waals surface area contributed by atoms with E-state index in [1.807, 2.05) is 13.8 Å². The first-order chi connectivity index (χ1) is 7.56. The molecule has 3 nitrogen and oxygen atoms in total. The Labute approximate surface area is 104 Å². The summed E-state index contributed by atoms with van der Waals surface area (Å²) in [4.78, 5) is 16.9. The van der Waals surface area contributed by atoms with Crippen LogP contribution in [0.2, 0.25) is 0 Å². The highest BCUT2D eigenvalue weighted by atomic mass is 35.5. The zero-order chi connectivity index (χ0) is 11.8. The van der Waals surface area contributed by atoms with Crippen molar-refractivity contribution >= 4 is 28.8 Å². The second-order valence-electron chi connectivity index (χ2n) is 4.46. The highest BCUT2D eigenvalue weighted by molar-refractivity contribution is 7.13. The lowest BCUT2D eigenvalue weighted by molar-refractivity contribution is 0.0949. The molecule has 0 spiro atoms. The van der Waals surface area contributed by atoms with Gasteiger partial charge in [-0.15, -0.1) is 22.9 Å². The Morgan fingerprint density at radius 3 is 2.69 bits per heavy atom. The van der Waals surface area contributed by atoms with Crippen molar-refractivity contribution in [1.82, 2.24) is 10.3 Å². The number of nitrogens with zero attached hydrogens (tertiary/aromatic N) is 1. The monoisotopic (exact) mass is 258 g/mol. The largest absolute Gasteiger partial charge is 0.351 e. The van der Waals surface area contributed by atoms with Crippen molar-refractivity contribution in [3.8, 4) is 0 Å². The van der Waals surface area contributed by atoms with Crippen LogP contribution in [0.5, 0.6) is 0 Å². The van der Waals surface area contributed by atoms with Crippen LogP contribution in [0.3, 0.4) is 0 Å². The molecule has 1 amide bonds. The number of carbonyl (C=O) groups is 1. The van der Waals surface area contributed by atoms with E-state index in [4.69, 9.17) is 11.6 Å². The molecular weight excluding hydrogens is 244 g/mol. The summed E-state index contributed by atoms with van der Waals surface area (Å²) < 4.78 is 0. The smallest absolute Gasteiger partial charge is 0.263 e. The SMILES string of the molecule is Cc1nc(C)c(C(=O)NCC2(CCl)CC2)s1. The first kappa shape index (κ1) is 11.9. The molecule has 0 aromatic carbocycles. The van der Waals surface area contributed by atoms with E-state index in [2.05, 4.69) is 10.3 Å². The van der Waals surface area contributed by atoms with Crippen LogP contribution in [0.1, 0.15) is 33.2 Å². The fraction of sp³-hybridized carbons (Fsp3) is 0.636. The number of nitrogens with one attached hydrogen (secondary N) is 1. The molecular formula is C11H15ClN2OS. The lowest BCUT2D eigenvalue weighted by atomic mass is 10.1. The van der Waals surface area contributed by atoms with Crippen LogP contribution < -0.4 is 5.32 Å². The second kappa shape index (κ2) is 4.34. The molecule has 0 radical (unpaired) electrons. The zero-order valence-corrected chi connectivity index (χ0v) is 11.0. The molecule has 16 heavy (non-hydrogen) atoms. The lowest BCUT2D eigenvalue weighted by Gasteiger charge is -2.11. The first-order valence-corrected chi connectivity index (χ1v) is 6.70. The van der Waals surface area contributed by atoms with Gasteiger partial charge in [0.1, 0.15) is 4.88 Å². The molecule has 0 atom stereocenters. The minimum Gasteiger partial charge on any atom is -0.351 e. The normalized spacial score (nSPS) is 17.2. The van der Waals surface area contributed by atoms with Gasteiger partial charge in [0.25, 0.3) is 5.91 Å². The van der Waals surface area contributed by atoms with Gasteiger partial charge in [0.2, 0.25) is 0 Å². The maximum absolute atomic E-state index is 11.9. The first-order valence-electron chi connectivity index (χ1n) is 5.34. The van der Waals surface area contributed by atoms with Crippen molar-refractivity contribution in [2.45, 2.75) is 26.7 Å². The number of aryl methyl sites for hydroxylation is 2. The molecule has 1 aromatic rings. The fourth-order valence-electron chi connectivity index (χ4n) is 1.62. The van der Waals surface area contributed by atoms with Gasteiger partial charge in [-0.3, -0.25) is 4.79 Å². The van der Waals surface area contributed by atoms with Gasteiger partial charge in [0, 0.05) is 17.8 Å². The predicted octanol–water partition coefficient (Wildman–Crippen LogP) is 2.51. The van der Waals surface area contributed by atoms with Gasteiger partial charge in [0.05, 0.1) is 10.7 Å². The van der Waals surface area contributed by atoms with Crippen LogP contribution in [0.15, 0.2) is 0 Å². The molecule has 1 aromatic heterocycles. The predicted molar refractivity (Wildman–Crippen MR) is 66.3 cm³/mol. The summed E-state index contributed by atoms with van der Waals surface area (Å²) in [7, 11) is 0. The third kappa shape index (κ3) is 2.38. The third-order valence-corrected chi connectivity index (χ3v) is 4.61. The van der Waals surface area contributed by atoms with E-state index in [9.17, 15) is 4.79 Å². The molecule has 1 aliphatic carbocycles. The summed E-state index contributed by atoms with van der Waals surface area (Å²) in [5.74, 6) is 0.619. The summed E-state index contributed by atoms with van der Waals surface area (Å²) >= 11 is 7.30. The summed E-state index contributed by atoms with van der Waals surface area (Å²) in [6.45, 7) is 4.47. The number of halogens is 1. The van der Waals surface area contributed by atoms with Crippen molar-refractivity contribution < 1.29 is 4.79 Å². The van der Waals surface area contributed by atoms with E-state index in [1.165, 1.54) is 11.3 Å². The Bertz CT molecular complexity index is 412. The van der Waals surface area contributed by atoms with Crippen LogP contribution in [0.25, 0.3) is 0 Å². The van der Waals surface area contributed by atoms with Crippen LogP contribution in [-0.2, 0) is 0 Å². The van der Waals surface area contributed by atoms with E-state index in [1.54, 1.807) is 0 Å². The quantitative estimate of drug-likeness (QED) is 0.844. The van der Waals surface area contributed by atoms with E-state index < -0.39 is 0 Å². The van der Waals surface area contributed by atoms with Crippen molar-refractivity contribution in [2.75, 3.05) is 12.4 Å². The molecule has 2 rings (SSSR count). The van der Waals surface area contributed by atoms with Gasteiger partial charge < -0.3 is 5.32 Å². The summed E-state index contributed by atoms with van der Waals surface area (Å²) in [5, 5.41) is 3.89. The van der Waals surface area contributed by atoms with Crippen LogP contribution >= 0.6 is 22.9 Å². The molecule has 1 saturated carbocycles. The van der Waals surface area contributed by atoms with Gasteiger partial charge in [-0.1, -0.05) is 0 Å². The maximum atomic E-state index is 11.9. The third-order valence-electron chi connectivity index (χ3n) is 2.97. The number of thiazole rings is 1. The number of hydrogen-bond donors (Lipinski definition) is 1. The lowest BCUT2D eigenvalue weighted by Crippen LogP contribution is -2.30. The van der Waals surface area contributed by atoms with Gasteiger partial charge in [0.15, 0.2) is 0 Å². The summed E-state index contributed by atoms with van der Waals surface area (Å²) in [5.41, 5.74) is 0.987. The van der Waals surface area contributed by atoms with Gasteiger partial charge in [-0.2, -0.15) is 0 Å². The molecule has 5 heteroatoms. The molecule has 88 valence electrons. The average Bonchev–Trinajstić information content (AvgIpc) is 2.96. The van der Waals surface area contributed by atoms with Crippen LogP contribution in [0, 0.1) is 19.3 Å².